The highest BCUT2D eigenvalue weighted by molar-refractivity contribution is 7.07. The van der Waals surface area contributed by atoms with Gasteiger partial charge in [-0.3, -0.25) is 0 Å². The molecule has 0 saturated heterocycles. The highest BCUT2D eigenvalue weighted by atomic mass is 32.1. The van der Waals surface area contributed by atoms with Crippen LogP contribution in [0.4, 0.5) is 11.5 Å². The van der Waals surface area contributed by atoms with E-state index in [9.17, 15) is 0 Å². The Bertz CT molecular complexity index is 427. The predicted octanol–water partition coefficient (Wildman–Crippen LogP) is 1.76. The first-order valence-electron chi connectivity index (χ1n) is 4.55. The second-order valence-electron chi connectivity index (χ2n) is 3.28. The summed E-state index contributed by atoms with van der Waals surface area (Å²) in [6.07, 6.45) is 1.71. The number of rotatable bonds is 3. The van der Waals surface area contributed by atoms with Gasteiger partial charge in [0.2, 0.25) is 0 Å². The van der Waals surface area contributed by atoms with Gasteiger partial charge in [-0.1, -0.05) is 0 Å². The highest BCUT2D eigenvalue weighted by Crippen LogP contribution is 2.14. The van der Waals surface area contributed by atoms with Gasteiger partial charge in [0.15, 0.2) is 0 Å². The fourth-order valence-electron chi connectivity index (χ4n) is 1.28. The number of nitrogens with two attached hydrogens (primary N) is 1. The number of aromatic nitrogens is 2. The second-order valence-corrected chi connectivity index (χ2v) is 4.00. The van der Waals surface area contributed by atoms with Crippen LogP contribution in [-0.4, -0.2) is 17.0 Å². The molecule has 0 amide bonds. The van der Waals surface area contributed by atoms with Gasteiger partial charge in [-0.15, -0.1) is 11.3 Å². The molecule has 0 unspecified atom stereocenters. The van der Waals surface area contributed by atoms with Crippen LogP contribution in [-0.2, 0) is 6.54 Å². The molecule has 0 saturated carbocycles. The van der Waals surface area contributed by atoms with Crippen molar-refractivity contribution < 1.29 is 0 Å². The molecule has 0 aliphatic heterocycles. The first-order chi connectivity index (χ1) is 7.25. The molecule has 0 radical (unpaired) electrons. The molecular weight excluding hydrogens is 208 g/mol. The summed E-state index contributed by atoms with van der Waals surface area (Å²) in [4.78, 5) is 10.5. The first kappa shape index (κ1) is 9.92. The van der Waals surface area contributed by atoms with E-state index >= 15 is 0 Å². The minimum Gasteiger partial charge on any atom is -0.399 e. The molecule has 0 fully saturated rings. The summed E-state index contributed by atoms with van der Waals surface area (Å²) in [6, 6.07) is 3.63. The van der Waals surface area contributed by atoms with Crippen molar-refractivity contribution in [1.29, 1.82) is 0 Å². The van der Waals surface area contributed by atoms with Gasteiger partial charge in [0, 0.05) is 30.4 Å². The van der Waals surface area contributed by atoms with E-state index in [4.69, 9.17) is 5.73 Å². The molecule has 4 nitrogen and oxygen atoms in total. The summed E-state index contributed by atoms with van der Waals surface area (Å²) in [5.41, 5.74) is 9.29. The van der Waals surface area contributed by atoms with Crippen LogP contribution >= 0.6 is 11.3 Å². The quantitative estimate of drug-likeness (QED) is 0.856. The highest BCUT2D eigenvalue weighted by Gasteiger charge is 2.04. The number of nitrogen functional groups attached to an aromatic ring is 1. The van der Waals surface area contributed by atoms with Gasteiger partial charge in [-0.05, 0) is 6.07 Å². The third kappa shape index (κ3) is 2.44. The molecule has 0 aromatic carbocycles. The number of thiazole rings is 1. The SMILES string of the molecule is CN(Cc1cscn1)c1cc(N)ccn1. The smallest absolute Gasteiger partial charge is 0.130 e. The monoisotopic (exact) mass is 220 g/mol. The average molecular weight is 220 g/mol. The van der Waals surface area contributed by atoms with Crippen LogP contribution in [0.15, 0.2) is 29.2 Å². The van der Waals surface area contributed by atoms with Crippen LogP contribution in [0, 0.1) is 0 Å². The zero-order chi connectivity index (χ0) is 10.7. The maximum absolute atomic E-state index is 5.69. The van der Waals surface area contributed by atoms with Crippen molar-refractivity contribution in [3.8, 4) is 0 Å². The molecule has 0 aliphatic rings. The fraction of sp³-hybridized carbons (Fsp3) is 0.200. The summed E-state index contributed by atoms with van der Waals surface area (Å²) < 4.78 is 0. The lowest BCUT2D eigenvalue weighted by molar-refractivity contribution is 0.874. The maximum atomic E-state index is 5.69. The molecule has 0 bridgehead atoms. The lowest BCUT2D eigenvalue weighted by Crippen LogP contribution is -2.17. The van der Waals surface area contributed by atoms with Crippen LogP contribution in [0.5, 0.6) is 0 Å². The molecule has 78 valence electrons. The number of hydrogen-bond donors (Lipinski definition) is 1. The molecule has 2 aromatic heterocycles. The summed E-state index contributed by atoms with van der Waals surface area (Å²) in [7, 11) is 1.97. The Morgan fingerprint density at radius 1 is 1.47 bits per heavy atom. The molecule has 15 heavy (non-hydrogen) atoms. The van der Waals surface area contributed by atoms with Gasteiger partial charge in [0.05, 0.1) is 17.7 Å². The van der Waals surface area contributed by atoms with Crippen LogP contribution < -0.4 is 10.6 Å². The lowest BCUT2D eigenvalue weighted by Gasteiger charge is -2.16. The minimum atomic E-state index is 0.727. The zero-order valence-corrected chi connectivity index (χ0v) is 9.24. The van der Waals surface area contributed by atoms with Crippen LogP contribution in [0.25, 0.3) is 0 Å². The van der Waals surface area contributed by atoms with Crippen molar-refractivity contribution in [1.82, 2.24) is 9.97 Å². The third-order valence-corrected chi connectivity index (χ3v) is 2.68. The fourth-order valence-corrected chi connectivity index (χ4v) is 1.83. The largest absolute Gasteiger partial charge is 0.399 e. The van der Waals surface area contributed by atoms with Crippen molar-refractivity contribution in [3.63, 3.8) is 0 Å². The van der Waals surface area contributed by atoms with E-state index < -0.39 is 0 Å². The van der Waals surface area contributed by atoms with Gasteiger partial charge in [0.25, 0.3) is 0 Å². The molecule has 2 rings (SSSR count). The van der Waals surface area contributed by atoms with Gasteiger partial charge in [-0.2, -0.15) is 0 Å². The molecule has 0 aliphatic carbocycles. The third-order valence-electron chi connectivity index (χ3n) is 2.04. The Morgan fingerprint density at radius 2 is 2.33 bits per heavy atom. The van der Waals surface area contributed by atoms with Gasteiger partial charge in [-0.25, -0.2) is 9.97 Å². The average Bonchev–Trinajstić information content (AvgIpc) is 2.70. The molecule has 0 spiro atoms. The Kier molecular flexibility index (Phi) is 2.82. The summed E-state index contributed by atoms with van der Waals surface area (Å²) in [6.45, 7) is 0.750. The maximum Gasteiger partial charge on any atom is 0.130 e. The molecule has 5 heteroatoms. The van der Waals surface area contributed by atoms with E-state index in [0.29, 0.717) is 0 Å². The van der Waals surface area contributed by atoms with E-state index in [1.165, 1.54) is 0 Å². The Balaban J connectivity index is 2.11. The number of nitrogens with zero attached hydrogens (tertiary/aromatic N) is 3. The van der Waals surface area contributed by atoms with Gasteiger partial charge < -0.3 is 10.6 Å². The second kappa shape index (κ2) is 4.27. The van der Waals surface area contributed by atoms with E-state index in [1.54, 1.807) is 23.6 Å². The number of anilines is 2. The first-order valence-corrected chi connectivity index (χ1v) is 5.50. The molecule has 2 heterocycles. The van der Waals surface area contributed by atoms with Crippen LogP contribution in [0.1, 0.15) is 5.69 Å². The lowest BCUT2D eigenvalue weighted by atomic mass is 10.3. The summed E-state index contributed by atoms with van der Waals surface area (Å²) >= 11 is 1.60. The minimum absolute atomic E-state index is 0.727. The van der Waals surface area contributed by atoms with Crippen molar-refractivity contribution in [2.45, 2.75) is 6.54 Å². The molecule has 2 N–H and O–H groups in total. The van der Waals surface area contributed by atoms with Crippen molar-refractivity contribution >= 4 is 22.8 Å². The Morgan fingerprint density at radius 3 is 3.00 bits per heavy atom. The molecule has 2 aromatic rings. The van der Waals surface area contributed by atoms with Crippen molar-refractivity contribution in [3.05, 3.63) is 34.9 Å². The number of pyridine rings is 1. The van der Waals surface area contributed by atoms with Crippen molar-refractivity contribution in [2.24, 2.45) is 0 Å². The van der Waals surface area contributed by atoms with Crippen LogP contribution in [0.3, 0.4) is 0 Å². The van der Waals surface area contributed by atoms with Crippen LogP contribution in [0.2, 0.25) is 0 Å². The predicted molar refractivity (Wildman–Crippen MR) is 62.9 cm³/mol. The molecular formula is C10H12N4S. The van der Waals surface area contributed by atoms with Crippen molar-refractivity contribution in [2.75, 3.05) is 17.7 Å². The van der Waals surface area contributed by atoms with Gasteiger partial charge in [0.1, 0.15) is 5.82 Å². The van der Waals surface area contributed by atoms with E-state index in [0.717, 1.165) is 23.7 Å². The Hall–Kier alpha value is -1.62. The standard InChI is InChI=1S/C10H12N4S/c1-14(5-9-6-15-7-13-9)10-4-8(11)2-3-12-10/h2-4,6-7H,5H2,1H3,(H2,11,12). The van der Waals surface area contributed by atoms with E-state index in [1.807, 2.05) is 28.9 Å². The van der Waals surface area contributed by atoms with E-state index in [2.05, 4.69) is 9.97 Å². The number of hydrogen-bond acceptors (Lipinski definition) is 5. The zero-order valence-electron chi connectivity index (χ0n) is 8.42. The topological polar surface area (TPSA) is 55.0 Å². The van der Waals surface area contributed by atoms with Gasteiger partial charge >= 0.3 is 0 Å². The normalized spacial score (nSPS) is 10.2. The Labute approximate surface area is 92.4 Å². The molecule has 0 atom stereocenters. The summed E-state index contributed by atoms with van der Waals surface area (Å²) in [5.74, 6) is 0.864. The summed E-state index contributed by atoms with van der Waals surface area (Å²) in [5, 5.41) is 2.03. The van der Waals surface area contributed by atoms with E-state index in [-0.39, 0.29) is 0 Å².